The summed E-state index contributed by atoms with van der Waals surface area (Å²) in [7, 11) is 1.77. The molecule has 0 saturated heterocycles. The molecule has 0 bridgehead atoms. The van der Waals surface area contributed by atoms with Crippen LogP contribution < -0.4 is 11.1 Å². The van der Waals surface area contributed by atoms with Gasteiger partial charge >= 0.3 is 0 Å². The summed E-state index contributed by atoms with van der Waals surface area (Å²) in [5.74, 6) is -0.223. The van der Waals surface area contributed by atoms with E-state index in [1.807, 2.05) is 19.1 Å². The van der Waals surface area contributed by atoms with E-state index in [9.17, 15) is 4.79 Å². The van der Waals surface area contributed by atoms with Gasteiger partial charge in [-0.05, 0) is 25.5 Å². The first-order chi connectivity index (χ1) is 9.40. The Labute approximate surface area is 122 Å². The van der Waals surface area contributed by atoms with E-state index in [-0.39, 0.29) is 10.9 Å². The average molecular weight is 288 g/mol. The first-order valence-corrected chi connectivity index (χ1v) is 6.52. The van der Waals surface area contributed by atoms with Crippen LogP contribution in [0.3, 0.4) is 0 Å². The summed E-state index contributed by atoms with van der Waals surface area (Å²) in [6.07, 6.45) is 1.68. The number of rotatable bonds is 3. The smallest absolute Gasteiger partial charge is 0.259 e. The quantitative estimate of drug-likeness (QED) is 0.846. The number of amides is 1. The van der Waals surface area contributed by atoms with Crippen molar-refractivity contribution < 1.29 is 4.79 Å². The Balaban J connectivity index is 2.36. The minimum Gasteiger partial charge on any atom is -0.389 e. The Bertz CT molecular complexity index is 690. The van der Waals surface area contributed by atoms with Gasteiger partial charge in [0.2, 0.25) is 0 Å². The van der Waals surface area contributed by atoms with Gasteiger partial charge in [0.05, 0.1) is 16.9 Å². The summed E-state index contributed by atoms with van der Waals surface area (Å²) in [5, 5.41) is 7.00. The van der Waals surface area contributed by atoms with Crippen LogP contribution >= 0.6 is 12.2 Å². The molecule has 20 heavy (non-hydrogen) atoms. The van der Waals surface area contributed by atoms with Gasteiger partial charge in [-0.15, -0.1) is 0 Å². The van der Waals surface area contributed by atoms with Crippen molar-refractivity contribution in [2.24, 2.45) is 12.8 Å². The zero-order chi connectivity index (χ0) is 14.9. The van der Waals surface area contributed by atoms with Crippen molar-refractivity contribution in [3.05, 3.63) is 46.8 Å². The van der Waals surface area contributed by atoms with Crippen LogP contribution in [-0.2, 0) is 7.05 Å². The molecule has 104 valence electrons. The van der Waals surface area contributed by atoms with Crippen LogP contribution in [0.5, 0.6) is 0 Å². The molecule has 2 rings (SSSR count). The van der Waals surface area contributed by atoms with Gasteiger partial charge in [-0.25, -0.2) is 0 Å². The number of thiocarbonyl (C=S) groups is 1. The lowest BCUT2D eigenvalue weighted by Crippen LogP contribution is -2.19. The van der Waals surface area contributed by atoms with Gasteiger partial charge in [-0.2, -0.15) is 5.10 Å². The minimum atomic E-state index is -0.223. The van der Waals surface area contributed by atoms with E-state index >= 15 is 0 Å². The SMILES string of the molecule is Cc1cccc(NC(=O)c2cn(C)nc2C)c1C(N)=S. The lowest BCUT2D eigenvalue weighted by atomic mass is 10.1. The zero-order valence-corrected chi connectivity index (χ0v) is 12.4. The van der Waals surface area contributed by atoms with Gasteiger partial charge in [0.25, 0.3) is 5.91 Å². The number of aromatic nitrogens is 2. The Morgan fingerprint density at radius 2 is 2.10 bits per heavy atom. The van der Waals surface area contributed by atoms with Crippen molar-refractivity contribution in [3.63, 3.8) is 0 Å². The summed E-state index contributed by atoms with van der Waals surface area (Å²) in [6.45, 7) is 3.69. The van der Waals surface area contributed by atoms with Gasteiger partial charge in [-0.1, -0.05) is 24.4 Å². The van der Waals surface area contributed by atoms with Crippen molar-refractivity contribution in [2.45, 2.75) is 13.8 Å². The van der Waals surface area contributed by atoms with Crippen molar-refractivity contribution >= 4 is 28.8 Å². The number of hydrogen-bond donors (Lipinski definition) is 2. The number of carbonyl (C=O) groups is 1. The van der Waals surface area contributed by atoms with Gasteiger partial charge in [0.15, 0.2) is 0 Å². The molecule has 1 heterocycles. The van der Waals surface area contributed by atoms with E-state index in [0.29, 0.717) is 22.5 Å². The number of nitrogens with zero attached hydrogens (tertiary/aromatic N) is 2. The van der Waals surface area contributed by atoms with Gasteiger partial charge in [0, 0.05) is 18.8 Å². The fraction of sp³-hybridized carbons (Fsp3) is 0.214. The molecule has 3 N–H and O–H groups in total. The monoisotopic (exact) mass is 288 g/mol. The van der Waals surface area contributed by atoms with Crippen LogP contribution in [0.25, 0.3) is 0 Å². The number of nitrogens with one attached hydrogen (secondary N) is 1. The standard InChI is InChI=1S/C14H16N4OS/c1-8-5-4-6-11(12(8)13(15)20)16-14(19)10-7-18(3)17-9(10)2/h4-7H,1-3H3,(H2,15,20)(H,16,19). The molecule has 0 saturated carbocycles. The highest BCUT2D eigenvalue weighted by molar-refractivity contribution is 7.80. The molecule has 2 aromatic rings. The summed E-state index contributed by atoms with van der Waals surface area (Å²) in [5.41, 5.74) is 9.17. The van der Waals surface area contributed by atoms with Crippen LogP contribution in [0.4, 0.5) is 5.69 Å². The highest BCUT2D eigenvalue weighted by Crippen LogP contribution is 2.20. The lowest BCUT2D eigenvalue weighted by Gasteiger charge is -2.12. The number of nitrogens with two attached hydrogens (primary N) is 1. The second-order valence-corrected chi connectivity index (χ2v) is 5.06. The highest BCUT2D eigenvalue weighted by Gasteiger charge is 2.15. The number of benzene rings is 1. The lowest BCUT2D eigenvalue weighted by molar-refractivity contribution is 0.102. The molecule has 0 aliphatic heterocycles. The van der Waals surface area contributed by atoms with Gasteiger partial charge in [-0.3, -0.25) is 9.48 Å². The fourth-order valence-electron chi connectivity index (χ4n) is 2.11. The third-order valence-corrected chi connectivity index (χ3v) is 3.23. The molecule has 5 nitrogen and oxygen atoms in total. The second kappa shape index (κ2) is 5.42. The Hall–Kier alpha value is -2.21. The third-order valence-electron chi connectivity index (χ3n) is 3.03. The van der Waals surface area contributed by atoms with Crippen molar-refractivity contribution in [1.82, 2.24) is 9.78 Å². The second-order valence-electron chi connectivity index (χ2n) is 4.62. The van der Waals surface area contributed by atoms with Crippen LogP contribution in [0.2, 0.25) is 0 Å². The summed E-state index contributed by atoms with van der Waals surface area (Å²) in [6, 6.07) is 5.54. The average Bonchev–Trinajstić information content (AvgIpc) is 2.68. The van der Waals surface area contributed by atoms with Gasteiger partial charge in [0.1, 0.15) is 4.99 Å². The van der Waals surface area contributed by atoms with E-state index in [0.717, 1.165) is 5.56 Å². The predicted octanol–water partition coefficient (Wildman–Crippen LogP) is 1.92. The molecule has 6 heteroatoms. The maximum atomic E-state index is 12.3. The van der Waals surface area contributed by atoms with Crippen molar-refractivity contribution in [1.29, 1.82) is 0 Å². The molecule has 0 atom stereocenters. The number of anilines is 1. The highest BCUT2D eigenvalue weighted by atomic mass is 32.1. The first-order valence-electron chi connectivity index (χ1n) is 6.11. The zero-order valence-electron chi connectivity index (χ0n) is 11.6. The number of hydrogen-bond acceptors (Lipinski definition) is 3. The van der Waals surface area contributed by atoms with Crippen LogP contribution in [0.1, 0.15) is 27.2 Å². The Kier molecular flexibility index (Phi) is 3.85. The number of aryl methyl sites for hydroxylation is 3. The molecule has 0 aliphatic rings. The van der Waals surface area contributed by atoms with Gasteiger partial charge < -0.3 is 11.1 Å². The van der Waals surface area contributed by atoms with E-state index in [1.165, 1.54) is 0 Å². The molecular formula is C14H16N4OS. The topological polar surface area (TPSA) is 72.9 Å². The first kappa shape index (κ1) is 14.2. The maximum absolute atomic E-state index is 12.3. The summed E-state index contributed by atoms with van der Waals surface area (Å²) >= 11 is 5.05. The molecular weight excluding hydrogens is 272 g/mol. The molecule has 1 aromatic heterocycles. The molecule has 1 amide bonds. The van der Waals surface area contributed by atoms with Crippen molar-refractivity contribution in [2.75, 3.05) is 5.32 Å². The minimum absolute atomic E-state index is 0.223. The Morgan fingerprint density at radius 1 is 1.40 bits per heavy atom. The van der Waals surface area contributed by atoms with Crippen LogP contribution in [0.15, 0.2) is 24.4 Å². The van der Waals surface area contributed by atoms with Crippen LogP contribution in [-0.4, -0.2) is 20.7 Å². The van der Waals surface area contributed by atoms with E-state index < -0.39 is 0 Å². The maximum Gasteiger partial charge on any atom is 0.259 e. The van der Waals surface area contributed by atoms with Crippen molar-refractivity contribution in [3.8, 4) is 0 Å². The normalized spacial score (nSPS) is 10.3. The Morgan fingerprint density at radius 3 is 2.65 bits per heavy atom. The van der Waals surface area contributed by atoms with Crippen LogP contribution in [0, 0.1) is 13.8 Å². The largest absolute Gasteiger partial charge is 0.389 e. The van der Waals surface area contributed by atoms with E-state index in [2.05, 4.69) is 10.4 Å². The number of carbonyl (C=O) groups excluding carboxylic acids is 1. The van der Waals surface area contributed by atoms with E-state index in [1.54, 1.807) is 30.9 Å². The molecule has 0 fully saturated rings. The summed E-state index contributed by atoms with van der Waals surface area (Å²) < 4.78 is 1.61. The predicted molar refractivity (Wildman–Crippen MR) is 83.0 cm³/mol. The molecule has 0 spiro atoms. The fourth-order valence-corrected chi connectivity index (χ4v) is 2.38. The molecule has 1 aromatic carbocycles. The molecule has 0 unspecified atom stereocenters. The summed E-state index contributed by atoms with van der Waals surface area (Å²) in [4.78, 5) is 12.6. The molecule has 0 radical (unpaired) electrons. The third kappa shape index (κ3) is 2.70. The molecule has 0 aliphatic carbocycles. The van der Waals surface area contributed by atoms with E-state index in [4.69, 9.17) is 18.0 Å².